The van der Waals surface area contributed by atoms with E-state index in [-0.39, 0.29) is 4.90 Å². The van der Waals surface area contributed by atoms with E-state index in [1.807, 2.05) is 6.92 Å². The van der Waals surface area contributed by atoms with E-state index in [0.717, 1.165) is 0 Å². The van der Waals surface area contributed by atoms with Gasteiger partial charge in [-0.25, -0.2) is 13.6 Å². The highest BCUT2D eigenvalue weighted by Crippen LogP contribution is 2.17. The molecule has 0 radical (unpaired) electrons. The second kappa shape index (κ2) is 3.12. The molecule has 74 valence electrons. The average Bonchev–Trinajstić information content (AvgIpc) is 2.24. The van der Waals surface area contributed by atoms with Crippen molar-refractivity contribution in [1.29, 1.82) is 0 Å². The lowest BCUT2D eigenvalue weighted by atomic mass is 10.4. The van der Waals surface area contributed by atoms with Crippen molar-refractivity contribution in [1.82, 2.24) is 9.78 Å². The summed E-state index contributed by atoms with van der Waals surface area (Å²) in [6.07, 6.45) is 0. The fourth-order valence-corrected chi connectivity index (χ4v) is 2.37. The summed E-state index contributed by atoms with van der Waals surface area (Å²) in [4.78, 5) is 0.148. The molecular weight excluding hydrogens is 190 g/mol. The highest BCUT2D eigenvalue weighted by atomic mass is 32.2. The van der Waals surface area contributed by atoms with Crippen molar-refractivity contribution in [2.75, 3.05) is 0 Å². The van der Waals surface area contributed by atoms with Crippen molar-refractivity contribution in [2.45, 2.75) is 32.2 Å². The molecule has 1 rings (SSSR count). The minimum atomic E-state index is -3.64. The van der Waals surface area contributed by atoms with Crippen LogP contribution in [0, 0.1) is 13.8 Å². The third kappa shape index (κ3) is 1.73. The van der Waals surface area contributed by atoms with Crippen LogP contribution in [0.15, 0.2) is 4.90 Å². The molecule has 0 amide bonds. The summed E-state index contributed by atoms with van der Waals surface area (Å²) in [5.74, 6) is 0. The largest absolute Gasteiger partial charge is 0.268 e. The number of sulfonamides is 1. The molecule has 1 heterocycles. The van der Waals surface area contributed by atoms with Gasteiger partial charge in [-0.15, -0.1) is 0 Å². The number of primary sulfonamides is 1. The average molecular weight is 203 g/mol. The molecule has 0 aliphatic rings. The molecule has 0 unspecified atom stereocenters. The van der Waals surface area contributed by atoms with E-state index >= 15 is 0 Å². The van der Waals surface area contributed by atoms with Gasteiger partial charge in [0.25, 0.3) is 0 Å². The Hall–Kier alpha value is -0.880. The van der Waals surface area contributed by atoms with Crippen LogP contribution in [0.4, 0.5) is 0 Å². The number of hydrogen-bond donors (Lipinski definition) is 1. The number of aromatic nitrogens is 2. The van der Waals surface area contributed by atoms with Crippen molar-refractivity contribution in [3.8, 4) is 0 Å². The highest BCUT2D eigenvalue weighted by Gasteiger charge is 2.19. The van der Waals surface area contributed by atoms with Crippen LogP contribution in [-0.2, 0) is 16.6 Å². The van der Waals surface area contributed by atoms with E-state index in [4.69, 9.17) is 5.14 Å². The van der Waals surface area contributed by atoms with Gasteiger partial charge in [-0.3, -0.25) is 4.68 Å². The van der Waals surface area contributed by atoms with Gasteiger partial charge < -0.3 is 0 Å². The summed E-state index contributed by atoms with van der Waals surface area (Å²) >= 11 is 0. The van der Waals surface area contributed by atoms with Gasteiger partial charge in [-0.2, -0.15) is 5.10 Å². The van der Waals surface area contributed by atoms with E-state index in [2.05, 4.69) is 5.10 Å². The van der Waals surface area contributed by atoms with E-state index in [0.29, 0.717) is 17.9 Å². The van der Waals surface area contributed by atoms with Crippen LogP contribution in [0.25, 0.3) is 0 Å². The second-order valence-corrected chi connectivity index (χ2v) is 4.36. The molecule has 0 saturated carbocycles. The van der Waals surface area contributed by atoms with Gasteiger partial charge in [0.2, 0.25) is 10.0 Å². The van der Waals surface area contributed by atoms with Gasteiger partial charge in [-0.1, -0.05) is 0 Å². The summed E-state index contributed by atoms with van der Waals surface area (Å²) in [7, 11) is -3.64. The smallest absolute Gasteiger partial charge is 0.241 e. The first kappa shape index (κ1) is 10.2. The summed E-state index contributed by atoms with van der Waals surface area (Å²) in [5, 5.41) is 9.10. The number of rotatable bonds is 2. The Morgan fingerprint density at radius 1 is 1.46 bits per heavy atom. The molecule has 6 heteroatoms. The molecule has 0 atom stereocenters. The van der Waals surface area contributed by atoms with E-state index in [9.17, 15) is 8.42 Å². The number of aryl methyl sites for hydroxylation is 2. The Labute approximate surface area is 77.6 Å². The van der Waals surface area contributed by atoms with Gasteiger partial charge in [0.15, 0.2) is 0 Å². The van der Waals surface area contributed by atoms with E-state index in [1.54, 1.807) is 18.5 Å². The Balaban J connectivity index is 3.47. The van der Waals surface area contributed by atoms with Crippen molar-refractivity contribution >= 4 is 10.0 Å². The monoisotopic (exact) mass is 203 g/mol. The SMILES string of the molecule is CCn1nc(C)c(S(N)(=O)=O)c1C. The zero-order chi connectivity index (χ0) is 10.2. The van der Waals surface area contributed by atoms with Crippen molar-refractivity contribution < 1.29 is 8.42 Å². The predicted octanol–water partition coefficient (Wildman–Crippen LogP) is 0.167. The Morgan fingerprint density at radius 2 is 2.00 bits per heavy atom. The molecule has 1 aromatic rings. The molecule has 0 saturated heterocycles. The third-order valence-corrected chi connectivity index (χ3v) is 3.06. The Bertz CT molecular complexity index is 419. The molecule has 2 N–H and O–H groups in total. The molecule has 5 nitrogen and oxygen atoms in total. The summed E-state index contributed by atoms with van der Waals surface area (Å²) in [5.41, 5.74) is 1.06. The van der Waals surface area contributed by atoms with Gasteiger partial charge in [-0.05, 0) is 20.8 Å². The fraction of sp³-hybridized carbons (Fsp3) is 0.571. The van der Waals surface area contributed by atoms with Crippen molar-refractivity contribution in [2.24, 2.45) is 5.14 Å². The van der Waals surface area contributed by atoms with Gasteiger partial charge >= 0.3 is 0 Å². The number of nitrogens with zero attached hydrogens (tertiary/aromatic N) is 2. The van der Waals surface area contributed by atoms with Crippen LogP contribution in [0.2, 0.25) is 0 Å². The molecule has 0 fully saturated rings. The molecule has 0 bridgehead atoms. The van der Waals surface area contributed by atoms with Crippen LogP contribution < -0.4 is 5.14 Å². The first-order chi connectivity index (χ1) is 5.88. The predicted molar refractivity (Wildman–Crippen MR) is 48.7 cm³/mol. The standard InChI is InChI=1S/C7H13N3O2S/c1-4-10-6(3)7(5(2)9-10)13(8,11)12/h4H2,1-3H3,(H2,8,11,12). The van der Waals surface area contributed by atoms with Crippen molar-refractivity contribution in [3.05, 3.63) is 11.4 Å². The zero-order valence-electron chi connectivity index (χ0n) is 7.90. The van der Waals surface area contributed by atoms with Gasteiger partial charge in [0.1, 0.15) is 4.90 Å². The number of nitrogens with two attached hydrogens (primary N) is 1. The summed E-state index contributed by atoms with van der Waals surface area (Å²) in [6, 6.07) is 0. The molecule has 0 aliphatic carbocycles. The van der Waals surface area contributed by atoms with Crippen LogP contribution in [0.3, 0.4) is 0 Å². The Morgan fingerprint density at radius 3 is 2.23 bits per heavy atom. The quantitative estimate of drug-likeness (QED) is 0.744. The third-order valence-electron chi connectivity index (χ3n) is 1.90. The second-order valence-electron chi connectivity index (χ2n) is 2.86. The topological polar surface area (TPSA) is 78.0 Å². The molecule has 0 aliphatic heterocycles. The van der Waals surface area contributed by atoms with Crippen LogP contribution >= 0.6 is 0 Å². The van der Waals surface area contributed by atoms with Crippen LogP contribution in [0.5, 0.6) is 0 Å². The van der Waals surface area contributed by atoms with Gasteiger partial charge in [0, 0.05) is 6.54 Å². The summed E-state index contributed by atoms with van der Waals surface area (Å²) < 4.78 is 23.9. The molecule has 0 spiro atoms. The van der Waals surface area contributed by atoms with Crippen LogP contribution in [-0.4, -0.2) is 18.2 Å². The zero-order valence-corrected chi connectivity index (χ0v) is 8.72. The molecule has 1 aromatic heterocycles. The minimum absolute atomic E-state index is 0.148. The molecular formula is C7H13N3O2S. The van der Waals surface area contributed by atoms with Gasteiger partial charge in [0.05, 0.1) is 11.4 Å². The minimum Gasteiger partial charge on any atom is -0.268 e. The van der Waals surface area contributed by atoms with E-state index < -0.39 is 10.0 Å². The maximum absolute atomic E-state index is 11.1. The summed E-state index contributed by atoms with van der Waals surface area (Å²) in [6.45, 7) is 5.87. The van der Waals surface area contributed by atoms with E-state index in [1.165, 1.54) is 0 Å². The Kier molecular flexibility index (Phi) is 2.44. The fourth-order valence-electron chi connectivity index (χ4n) is 1.40. The normalized spacial score (nSPS) is 12.0. The maximum Gasteiger partial charge on any atom is 0.241 e. The maximum atomic E-state index is 11.1. The number of hydrogen-bond acceptors (Lipinski definition) is 3. The first-order valence-corrected chi connectivity index (χ1v) is 5.49. The lowest BCUT2D eigenvalue weighted by Gasteiger charge is -1.99. The van der Waals surface area contributed by atoms with Crippen LogP contribution in [0.1, 0.15) is 18.3 Å². The highest BCUT2D eigenvalue weighted by molar-refractivity contribution is 7.89. The lowest BCUT2D eigenvalue weighted by Crippen LogP contribution is -2.14. The molecule has 0 aromatic carbocycles. The molecule has 13 heavy (non-hydrogen) atoms. The van der Waals surface area contributed by atoms with Crippen molar-refractivity contribution in [3.63, 3.8) is 0 Å². The lowest BCUT2D eigenvalue weighted by molar-refractivity contribution is 0.595. The first-order valence-electron chi connectivity index (χ1n) is 3.94.